The maximum absolute atomic E-state index is 11.7. The van der Waals surface area contributed by atoms with Crippen LogP contribution in [0.2, 0.25) is 10.0 Å². The van der Waals surface area contributed by atoms with Crippen LogP contribution in [0.4, 0.5) is 0 Å². The summed E-state index contributed by atoms with van der Waals surface area (Å²) in [6, 6.07) is 11.1. The third-order valence-corrected chi connectivity index (χ3v) is 6.58. The predicted molar refractivity (Wildman–Crippen MR) is 124 cm³/mol. The van der Waals surface area contributed by atoms with E-state index in [-0.39, 0.29) is 17.4 Å². The second-order valence-electron chi connectivity index (χ2n) is 7.70. The van der Waals surface area contributed by atoms with Crippen LogP contribution >= 0.6 is 23.2 Å². The fourth-order valence-electron chi connectivity index (χ4n) is 3.16. The summed E-state index contributed by atoms with van der Waals surface area (Å²) < 4.78 is 39.8. The Kier molecular flexibility index (Phi) is 7.39. The van der Waals surface area contributed by atoms with E-state index in [9.17, 15) is 8.42 Å². The van der Waals surface area contributed by atoms with Gasteiger partial charge in [0.05, 0.1) is 10.0 Å². The van der Waals surface area contributed by atoms with E-state index in [4.69, 9.17) is 42.8 Å². The summed E-state index contributed by atoms with van der Waals surface area (Å²) in [7, 11) is -3.49. The van der Waals surface area contributed by atoms with Crippen molar-refractivity contribution in [2.24, 2.45) is 5.73 Å². The van der Waals surface area contributed by atoms with Crippen molar-refractivity contribution in [3.63, 3.8) is 0 Å². The Labute approximate surface area is 197 Å². The average molecular weight is 499 g/mol. The number of ether oxygens (including phenoxy) is 2. The normalized spacial score (nSPS) is 12.1. The van der Waals surface area contributed by atoms with Gasteiger partial charge >= 0.3 is 0 Å². The zero-order chi connectivity index (χ0) is 23.5. The maximum atomic E-state index is 11.7. The first-order chi connectivity index (χ1) is 15.0. The van der Waals surface area contributed by atoms with Gasteiger partial charge in [-0.2, -0.15) is 0 Å². The van der Waals surface area contributed by atoms with Crippen molar-refractivity contribution in [2.45, 2.75) is 30.9 Å². The molecule has 2 aromatic carbocycles. The van der Waals surface area contributed by atoms with Crippen molar-refractivity contribution in [2.75, 3.05) is 19.4 Å². The Hall–Kier alpha value is -2.26. The molecule has 0 amide bonds. The summed E-state index contributed by atoms with van der Waals surface area (Å²) in [5.41, 5.74) is 6.99. The van der Waals surface area contributed by atoms with Gasteiger partial charge < -0.3 is 19.6 Å². The first-order valence-electron chi connectivity index (χ1n) is 9.72. The maximum Gasteiger partial charge on any atom is 0.200 e. The monoisotopic (exact) mass is 498 g/mol. The van der Waals surface area contributed by atoms with E-state index in [1.807, 2.05) is 24.3 Å². The third-order valence-electron chi connectivity index (χ3n) is 4.98. The van der Waals surface area contributed by atoms with E-state index in [1.54, 1.807) is 12.1 Å². The molecule has 0 aliphatic rings. The minimum absolute atomic E-state index is 0.0549. The van der Waals surface area contributed by atoms with E-state index in [0.29, 0.717) is 34.7 Å². The molecule has 0 aliphatic heterocycles. The molecule has 0 saturated heterocycles. The zero-order valence-electron chi connectivity index (χ0n) is 17.9. The number of halogens is 2. The lowest BCUT2D eigenvalue weighted by atomic mass is 9.78. The number of nitrogens with zero attached hydrogens (tertiary/aromatic N) is 1. The van der Waals surface area contributed by atoms with Crippen molar-refractivity contribution in [3.8, 4) is 11.5 Å². The van der Waals surface area contributed by atoms with Gasteiger partial charge in [0.25, 0.3) is 0 Å². The minimum Gasteiger partial charge on any atom is -0.489 e. The van der Waals surface area contributed by atoms with E-state index in [0.717, 1.165) is 23.8 Å². The van der Waals surface area contributed by atoms with Gasteiger partial charge in [0.15, 0.2) is 32.8 Å². The summed E-state index contributed by atoms with van der Waals surface area (Å²) in [5.74, 6) is 1.13. The molecule has 0 spiro atoms. The SMILES string of the molecule is CC(C)(c1ccc(OCc2ocnc2S(C)(=O)=O)cc1)c1cc(Cl)c(OCCN)c(Cl)c1. The van der Waals surface area contributed by atoms with Crippen molar-refractivity contribution in [1.29, 1.82) is 0 Å². The highest BCUT2D eigenvalue weighted by Gasteiger charge is 2.26. The van der Waals surface area contributed by atoms with Crippen LogP contribution in [-0.4, -0.2) is 32.8 Å². The van der Waals surface area contributed by atoms with Gasteiger partial charge in [-0.15, -0.1) is 0 Å². The van der Waals surface area contributed by atoms with Crippen molar-refractivity contribution in [3.05, 3.63) is 69.7 Å². The number of benzene rings is 2. The third kappa shape index (κ3) is 5.38. The second kappa shape index (κ2) is 9.70. The lowest BCUT2D eigenvalue weighted by Gasteiger charge is -2.27. The molecule has 0 atom stereocenters. The van der Waals surface area contributed by atoms with Crippen LogP contribution in [0.3, 0.4) is 0 Å². The van der Waals surface area contributed by atoms with Crippen LogP contribution in [0, 0.1) is 0 Å². The van der Waals surface area contributed by atoms with Gasteiger partial charge in [-0.3, -0.25) is 0 Å². The van der Waals surface area contributed by atoms with Gasteiger partial charge in [-0.05, 0) is 35.4 Å². The van der Waals surface area contributed by atoms with Crippen LogP contribution < -0.4 is 15.2 Å². The molecule has 10 heteroatoms. The highest BCUT2D eigenvalue weighted by Crippen LogP contribution is 2.40. The van der Waals surface area contributed by atoms with Gasteiger partial charge in [0, 0.05) is 18.2 Å². The highest BCUT2D eigenvalue weighted by molar-refractivity contribution is 7.90. The van der Waals surface area contributed by atoms with Crippen LogP contribution in [0.25, 0.3) is 0 Å². The van der Waals surface area contributed by atoms with Gasteiger partial charge in [-0.1, -0.05) is 49.2 Å². The molecular formula is C22H24Cl2N2O5S. The molecule has 0 radical (unpaired) electrons. The molecule has 0 fully saturated rings. The first-order valence-corrected chi connectivity index (χ1v) is 12.4. The minimum atomic E-state index is -3.49. The van der Waals surface area contributed by atoms with E-state index in [1.165, 1.54) is 0 Å². The van der Waals surface area contributed by atoms with Crippen molar-refractivity contribution in [1.82, 2.24) is 4.98 Å². The molecule has 0 bridgehead atoms. The fraction of sp³-hybridized carbons (Fsp3) is 0.318. The number of rotatable bonds is 9. The molecule has 1 aromatic heterocycles. The number of oxazole rings is 1. The molecule has 0 saturated carbocycles. The number of hydrogen-bond donors (Lipinski definition) is 1. The molecule has 2 N–H and O–H groups in total. The van der Waals surface area contributed by atoms with Crippen LogP contribution in [-0.2, 0) is 21.9 Å². The van der Waals surface area contributed by atoms with Crippen molar-refractivity contribution < 1.29 is 22.3 Å². The molecule has 172 valence electrons. The first kappa shape index (κ1) is 24.4. The average Bonchev–Trinajstić information content (AvgIpc) is 3.21. The molecule has 3 rings (SSSR count). The summed E-state index contributed by atoms with van der Waals surface area (Å²) in [4.78, 5) is 3.75. The van der Waals surface area contributed by atoms with Crippen molar-refractivity contribution >= 4 is 33.0 Å². The summed E-state index contributed by atoms with van der Waals surface area (Å²) in [6.45, 7) is 4.74. The van der Waals surface area contributed by atoms with Gasteiger partial charge in [0.1, 0.15) is 19.0 Å². The van der Waals surface area contributed by atoms with Gasteiger partial charge in [-0.25, -0.2) is 13.4 Å². The van der Waals surface area contributed by atoms with Crippen LogP contribution in [0.5, 0.6) is 11.5 Å². The Balaban J connectivity index is 1.77. The Morgan fingerprint density at radius 2 is 1.69 bits per heavy atom. The molecule has 0 aliphatic carbocycles. The fourth-order valence-corrected chi connectivity index (χ4v) is 4.51. The van der Waals surface area contributed by atoms with E-state index in [2.05, 4.69) is 18.8 Å². The summed E-state index contributed by atoms with van der Waals surface area (Å²) >= 11 is 12.8. The topological polar surface area (TPSA) is 105 Å². The lowest BCUT2D eigenvalue weighted by Crippen LogP contribution is -2.19. The van der Waals surface area contributed by atoms with Crippen LogP contribution in [0.1, 0.15) is 30.7 Å². The van der Waals surface area contributed by atoms with Gasteiger partial charge in [0.2, 0.25) is 0 Å². The second-order valence-corrected chi connectivity index (χ2v) is 10.4. The lowest BCUT2D eigenvalue weighted by molar-refractivity contribution is 0.265. The standard InChI is InChI=1S/C22H24Cl2N2O5S/c1-22(2,15-10-17(23)20(18(24)11-15)29-9-8-25)14-4-6-16(7-5-14)30-12-19-21(26-13-31-19)32(3,27)28/h4-7,10-11,13H,8-9,12,25H2,1-3H3. The molecule has 1 heterocycles. The summed E-state index contributed by atoms with van der Waals surface area (Å²) in [5, 5.41) is 0.716. The number of nitrogens with two attached hydrogens (primary N) is 1. The summed E-state index contributed by atoms with van der Waals surface area (Å²) in [6.07, 6.45) is 2.16. The molecule has 7 nitrogen and oxygen atoms in total. The molecular weight excluding hydrogens is 475 g/mol. The molecule has 32 heavy (non-hydrogen) atoms. The molecule has 0 unspecified atom stereocenters. The number of hydrogen-bond acceptors (Lipinski definition) is 7. The number of aromatic nitrogens is 1. The Morgan fingerprint density at radius 3 is 2.25 bits per heavy atom. The largest absolute Gasteiger partial charge is 0.489 e. The predicted octanol–water partition coefficient (Wildman–Crippen LogP) is 4.63. The number of sulfone groups is 1. The quantitative estimate of drug-likeness (QED) is 0.458. The zero-order valence-corrected chi connectivity index (χ0v) is 20.2. The van der Waals surface area contributed by atoms with E-state index >= 15 is 0 Å². The smallest absolute Gasteiger partial charge is 0.200 e. The Morgan fingerprint density at radius 1 is 1.06 bits per heavy atom. The Bertz CT molecular complexity index is 1170. The van der Waals surface area contributed by atoms with Crippen LogP contribution in [0.15, 0.2) is 52.2 Å². The molecule has 3 aromatic rings. The van der Waals surface area contributed by atoms with E-state index < -0.39 is 15.3 Å². The highest BCUT2D eigenvalue weighted by atomic mass is 35.5.